The Hall–Kier alpha value is -1.63. The van der Waals surface area contributed by atoms with E-state index in [1.54, 1.807) is 0 Å². The highest BCUT2D eigenvalue weighted by molar-refractivity contribution is 5.81. The van der Waals surface area contributed by atoms with Gasteiger partial charge in [-0.25, -0.2) is 4.98 Å². The molecule has 1 aliphatic rings. The molecule has 1 atom stereocenters. The monoisotopic (exact) mass is 307 g/mol. The molecule has 0 amide bonds. The van der Waals surface area contributed by atoms with Crippen molar-refractivity contribution >= 4 is 17.0 Å². The molecule has 23 heavy (non-hydrogen) atoms. The van der Waals surface area contributed by atoms with Crippen LogP contribution in [0.3, 0.4) is 0 Å². The van der Waals surface area contributed by atoms with Crippen LogP contribution in [-0.2, 0) is 5.41 Å². The maximum absolute atomic E-state index is 4.93. The third-order valence-electron chi connectivity index (χ3n) is 5.54. The van der Waals surface area contributed by atoms with Gasteiger partial charge in [-0.15, -0.1) is 0 Å². The van der Waals surface area contributed by atoms with Crippen molar-refractivity contribution in [1.29, 1.82) is 0 Å². The highest BCUT2D eigenvalue weighted by atomic mass is 14.7. The molecule has 0 saturated carbocycles. The van der Waals surface area contributed by atoms with E-state index in [4.69, 9.17) is 4.98 Å². The van der Waals surface area contributed by atoms with Gasteiger partial charge in [0.2, 0.25) is 0 Å². The molecule has 0 saturated heterocycles. The lowest BCUT2D eigenvalue weighted by Crippen LogP contribution is -2.28. The summed E-state index contributed by atoms with van der Waals surface area (Å²) in [5.41, 5.74) is 4.10. The smallest absolute Gasteiger partial charge is 0.0709 e. The van der Waals surface area contributed by atoms with Gasteiger partial charge in [0.25, 0.3) is 0 Å². The first-order chi connectivity index (χ1) is 11.3. The molecule has 1 nitrogen and oxygen atoms in total. The fourth-order valence-electron chi connectivity index (χ4n) is 4.00. The quantitative estimate of drug-likeness (QED) is 0.521. The van der Waals surface area contributed by atoms with E-state index >= 15 is 0 Å². The SMILES string of the molecule is CCCCCCCC1(CC)CC=Cc2nc3ccccc3cc21. The molecule has 1 aliphatic carbocycles. The maximum atomic E-state index is 4.93. The van der Waals surface area contributed by atoms with E-state index in [0.717, 1.165) is 5.52 Å². The average Bonchev–Trinajstić information content (AvgIpc) is 2.60. The molecule has 0 fully saturated rings. The van der Waals surface area contributed by atoms with Crippen molar-refractivity contribution < 1.29 is 0 Å². The summed E-state index contributed by atoms with van der Waals surface area (Å²) < 4.78 is 0. The van der Waals surface area contributed by atoms with Crippen molar-refractivity contribution in [2.75, 3.05) is 0 Å². The van der Waals surface area contributed by atoms with E-state index < -0.39 is 0 Å². The third kappa shape index (κ3) is 3.34. The van der Waals surface area contributed by atoms with Crippen LogP contribution in [0.15, 0.2) is 36.4 Å². The Morgan fingerprint density at radius 2 is 1.87 bits per heavy atom. The Morgan fingerprint density at radius 1 is 1.04 bits per heavy atom. The van der Waals surface area contributed by atoms with Gasteiger partial charge < -0.3 is 0 Å². The molecule has 0 bridgehead atoms. The minimum absolute atomic E-state index is 0.299. The van der Waals surface area contributed by atoms with E-state index in [0.29, 0.717) is 5.41 Å². The van der Waals surface area contributed by atoms with E-state index in [-0.39, 0.29) is 0 Å². The minimum atomic E-state index is 0.299. The fourth-order valence-corrected chi connectivity index (χ4v) is 4.00. The average molecular weight is 307 g/mol. The molecule has 3 rings (SSSR count). The number of benzene rings is 1. The zero-order chi connectivity index (χ0) is 16.1. The zero-order valence-corrected chi connectivity index (χ0v) is 14.6. The van der Waals surface area contributed by atoms with Crippen molar-refractivity contribution in [2.45, 2.75) is 70.6 Å². The molecule has 122 valence electrons. The van der Waals surface area contributed by atoms with Crippen LogP contribution in [0, 0.1) is 0 Å². The van der Waals surface area contributed by atoms with E-state index in [9.17, 15) is 0 Å². The lowest BCUT2D eigenvalue weighted by Gasteiger charge is -2.36. The van der Waals surface area contributed by atoms with Gasteiger partial charge in [-0.3, -0.25) is 0 Å². The number of fused-ring (bicyclic) bond motifs is 2. The van der Waals surface area contributed by atoms with Crippen LogP contribution in [0.1, 0.15) is 76.5 Å². The first-order valence-corrected chi connectivity index (χ1v) is 9.36. The Kier molecular flexibility index (Phi) is 5.15. The molecule has 1 aromatic heterocycles. The third-order valence-corrected chi connectivity index (χ3v) is 5.54. The second-order valence-corrected chi connectivity index (χ2v) is 7.02. The standard InChI is InChI=1S/C22H29N/c1-3-5-6-7-10-15-22(4-2)16-11-14-21-19(22)17-18-12-8-9-13-20(18)23-21/h8-9,11-14,17H,3-7,10,15-16H2,1-2H3. The molecular formula is C22H29N. The van der Waals surface area contributed by atoms with Crippen molar-refractivity contribution in [3.8, 4) is 0 Å². The molecule has 0 aliphatic heterocycles. The van der Waals surface area contributed by atoms with E-state index in [1.807, 2.05) is 0 Å². The van der Waals surface area contributed by atoms with Crippen LogP contribution >= 0.6 is 0 Å². The van der Waals surface area contributed by atoms with Gasteiger partial charge in [0.15, 0.2) is 0 Å². The van der Waals surface area contributed by atoms with Crippen LogP contribution in [0.4, 0.5) is 0 Å². The van der Waals surface area contributed by atoms with Gasteiger partial charge in [-0.2, -0.15) is 0 Å². The maximum Gasteiger partial charge on any atom is 0.0709 e. The molecule has 0 N–H and O–H groups in total. The number of aromatic nitrogens is 1. The lowest BCUT2D eigenvalue weighted by molar-refractivity contribution is 0.360. The number of allylic oxidation sites excluding steroid dienone is 1. The summed E-state index contributed by atoms with van der Waals surface area (Å²) in [5, 5.41) is 1.28. The van der Waals surface area contributed by atoms with E-state index in [1.165, 1.54) is 68.0 Å². The number of para-hydroxylation sites is 1. The first-order valence-electron chi connectivity index (χ1n) is 9.36. The van der Waals surface area contributed by atoms with Crippen molar-refractivity contribution in [3.05, 3.63) is 47.7 Å². The van der Waals surface area contributed by atoms with Gasteiger partial charge in [0, 0.05) is 10.8 Å². The van der Waals surface area contributed by atoms with Gasteiger partial charge >= 0.3 is 0 Å². The summed E-state index contributed by atoms with van der Waals surface area (Å²) in [5.74, 6) is 0. The Bertz CT molecular complexity index is 685. The van der Waals surface area contributed by atoms with Crippen LogP contribution in [0.5, 0.6) is 0 Å². The van der Waals surface area contributed by atoms with Crippen molar-refractivity contribution in [3.63, 3.8) is 0 Å². The van der Waals surface area contributed by atoms with Crippen LogP contribution < -0.4 is 0 Å². The first kappa shape index (κ1) is 16.2. The Labute approximate surface area is 140 Å². The molecule has 1 aromatic carbocycles. The molecule has 0 radical (unpaired) electrons. The fraction of sp³-hybridized carbons (Fsp3) is 0.500. The number of nitrogens with zero attached hydrogens (tertiary/aromatic N) is 1. The summed E-state index contributed by atoms with van der Waals surface area (Å²) in [6.45, 7) is 4.64. The highest BCUT2D eigenvalue weighted by Crippen LogP contribution is 2.43. The molecule has 0 spiro atoms. The number of unbranched alkanes of at least 4 members (excludes halogenated alkanes) is 4. The largest absolute Gasteiger partial charge is 0.248 e. The summed E-state index contributed by atoms with van der Waals surface area (Å²) in [7, 11) is 0. The molecule has 1 heteroatoms. The zero-order valence-electron chi connectivity index (χ0n) is 14.6. The normalized spacial score (nSPS) is 19.9. The second kappa shape index (κ2) is 7.29. The van der Waals surface area contributed by atoms with Gasteiger partial charge in [-0.05, 0) is 43.0 Å². The number of rotatable bonds is 7. The topological polar surface area (TPSA) is 12.9 Å². The van der Waals surface area contributed by atoms with Crippen molar-refractivity contribution in [1.82, 2.24) is 4.98 Å². The summed E-state index contributed by atoms with van der Waals surface area (Å²) in [4.78, 5) is 4.93. The van der Waals surface area contributed by atoms with Crippen LogP contribution in [0.2, 0.25) is 0 Å². The minimum Gasteiger partial charge on any atom is -0.248 e. The summed E-state index contributed by atoms with van der Waals surface area (Å²) in [6.07, 6.45) is 15.0. The van der Waals surface area contributed by atoms with Crippen LogP contribution in [-0.4, -0.2) is 4.98 Å². The predicted octanol–water partition coefficient (Wildman–Crippen LogP) is 6.66. The van der Waals surface area contributed by atoms with Crippen LogP contribution in [0.25, 0.3) is 17.0 Å². The van der Waals surface area contributed by atoms with Gasteiger partial charge in [-0.1, -0.05) is 70.2 Å². The van der Waals surface area contributed by atoms with Crippen molar-refractivity contribution in [2.24, 2.45) is 0 Å². The number of hydrogen-bond acceptors (Lipinski definition) is 1. The van der Waals surface area contributed by atoms with E-state index in [2.05, 4.69) is 56.3 Å². The highest BCUT2D eigenvalue weighted by Gasteiger charge is 2.33. The molecule has 1 heterocycles. The van der Waals surface area contributed by atoms with Gasteiger partial charge in [0.05, 0.1) is 11.2 Å². The second-order valence-electron chi connectivity index (χ2n) is 7.02. The summed E-state index contributed by atoms with van der Waals surface area (Å²) >= 11 is 0. The number of hydrogen-bond donors (Lipinski definition) is 0. The Balaban J connectivity index is 1.88. The Morgan fingerprint density at radius 3 is 2.70 bits per heavy atom. The predicted molar refractivity (Wildman–Crippen MR) is 101 cm³/mol. The lowest BCUT2D eigenvalue weighted by atomic mass is 9.69. The van der Waals surface area contributed by atoms with Gasteiger partial charge in [0.1, 0.15) is 0 Å². The summed E-state index contributed by atoms with van der Waals surface area (Å²) in [6, 6.07) is 10.9. The molecule has 2 aromatic rings. The molecular weight excluding hydrogens is 278 g/mol. The number of pyridine rings is 1. The molecule has 1 unspecified atom stereocenters.